The molecular formula is C22H30O3. The van der Waals surface area contributed by atoms with Gasteiger partial charge in [0.05, 0.1) is 25.4 Å². The highest BCUT2D eigenvalue weighted by molar-refractivity contribution is 5.26. The predicted molar refractivity (Wildman–Crippen MR) is 95.7 cm³/mol. The molecule has 5 rings (SSSR count). The minimum atomic E-state index is -0.898. The second kappa shape index (κ2) is 5.59. The topological polar surface area (TPSA) is 38.7 Å². The van der Waals surface area contributed by atoms with Crippen LogP contribution in [0.2, 0.25) is 0 Å². The summed E-state index contributed by atoms with van der Waals surface area (Å²) in [5.74, 6) is 5.41. The van der Waals surface area contributed by atoms with Crippen molar-refractivity contribution < 1.29 is 14.6 Å². The fraction of sp³-hybridized carbons (Fsp3) is 0.818. The van der Waals surface area contributed by atoms with E-state index in [0.29, 0.717) is 17.8 Å². The fourth-order valence-electron chi connectivity index (χ4n) is 7.19. The highest BCUT2D eigenvalue weighted by Crippen LogP contribution is 2.64. The number of aliphatic hydroxyl groups is 1. The lowest BCUT2D eigenvalue weighted by Crippen LogP contribution is -2.53. The molecule has 25 heavy (non-hydrogen) atoms. The normalized spacial score (nSPS) is 54.4. The van der Waals surface area contributed by atoms with E-state index in [1.165, 1.54) is 6.42 Å². The van der Waals surface area contributed by atoms with Crippen LogP contribution < -0.4 is 0 Å². The van der Waals surface area contributed by atoms with Crippen LogP contribution in [0.1, 0.15) is 51.9 Å². The Hall–Kier alpha value is -0.820. The Morgan fingerprint density at radius 2 is 1.96 bits per heavy atom. The molecule has 3 saturated carbocycles. The van der Waals surface area contributed by atoms with Crippen LogP contribution in [0.25, 0.3) is 0 Å². The number of ether oxygens (including phenoxy) is 2. The van der Waals surface area contributed by atoms with Crippen molar-refractivity contribution in [2.24, 2.45) is 29.1 Å². The van der Waals surface area contributed by atoms with E-state index < -0.39 is 5.60 Å². The first-order valence-electron chi connectivity index (χ1n) is 10.2. The van der Waals surface area contributed by atoms with Crippen LogP contribution in [-0.4, -0.2) is 36.1 Å². The lowest BCUT2D eigenvalue weighted by atomic mass is 9.51. The van der Waals surface area contributed by atoms with E-state index >= 15 is 0 Å². The third kappa shape index (κ3) is 2.17. The summed E-state index contributed by atoms with van der Waals surface area (Å²) in [7, 11) is 0. The van der Waals surface area contributed by atoms with E-state index in [4.69, 9.17) is 15.9 Å². The molecule has 8 atom stereocenters. The van der Waals surface area contributed by atoms with E-state index in [9.17, 15) is 5.11 Å². The first-order valence-corrected chi connectivity index (χ1v) is 10.2. The molecule has 0 aromatic heterocycles. The average Bonchev–Trinajstić information content (AvgIpc) is 2.92. The van der Waals surface area contributed by atoms with Crippen LogP contribution in [0.5, 0.6) is 0 Å². The third-order valence-corrected chi connectivity index (χ3v) is 8.61. The van der Waals surface area contributed by atoms with E-state index in [-0.39, 0.29) is 17.6 Å². The van der Waals surface area contributed by atoms with Gasteiger partial charge < -0.3 is 14.6 Å². The first-order chi connectivity index (χ1) is 12.1. The molecule has 3 nitrogen and oxygen atoms in total. The van der Waals surface area contributed by atoms with Gasteiger partial charge in [0.2, 0.25) is 0 Å². The summed E-state index contributed by atoms with van der Waals surface area (Å²) in [6, 6.07) is 0. The standard InChI is InChI=1S/C22H30O3/c1-3-22(23)9-7-18-16-5-4-14-12-19-20(25-11-10-24-19)13-17(14)15(16)6-8-21(18,22)2/h1,4,15-20,23H,5-13H2,2H3/t15-,16+,17-,18-,19?,20?,21-,22-/m0/s1. The van der Waals surface area contributed by atoms with Gasteiger partial charge in [0.25, 0.3) is 0 Å². The van der Waals surface area contributed by atoms with Crippen LogP contribution in [0.4, 0.5) is 0 Å². The third-order valence-electron chi connectivity index (χ3n) is 8.61. The molecule has 3 heteroatoms. The minimum Gasteiger partial charge on any atom is -0.377 e. The highest BCUT2D eigenvalue weighted by Gasteiger charge is 2.62. The van der Waals surface area contributed by atoms with Crippen LogP contribution >= 0.6 is 0 Å². The smallest absolute Gasteiger partial charge is 0.130 e. The van der Waals surface area contributed by atoms with Crippen LogP contribution in [0.15, 0.2) is 11.6 Å². The van der Waals surface area contributed by atoms with Crippen LogP contribution in [-0.2, 0) is 9.47 Å². The Morgan fingerprint density at radius 1 is 1.16 bits per heavy atom. The van der Waals surface area contributed by atoms with E-state index in [1.54, 1.807) is 5.57 Å². The summed E-state index contributed by atoms with van der Waals surface area (Å²) in [5.41, 5.74) is 0.627. The molecule has 4 aliphatic carbocycles. The highest BCUT2D eigenvalue weighted by atomic mass is 16.6. The number of terminal acetylenes is 1. The maximum atomic E-state index is 11.0. The van der Waals surface area contributed by atoms with E-state index in [2.05, 4.69) is 18.9 Å². The Labute approximate surface area is 151 Å². The molecule has 2 unspecified atom stereocenters. The van der Waals surface area contributed by atoms with E-state index in [0.717, 1.165) is 57.7 Å². The molecule has 5 aliphatic rings. The molecule has 136 valence electrons. The van der Waals surface area contributed by atoms with Crippen LogP contribution in [0, 0.1) is 41.4 Å². The molecular weight excluding hydrogens is 312 g/mol. The van der Waals surface area contributed by atoms with Gasteiger partial charge >= 0.3 is 0 Å². The summed E-state index contributed by atoms with van der Waals surface area (Å²) in [6.07, 6.45) is 16.3. The number of hydrogen-bond acceptors (Lipinski definition) is 3. The molecule has 0 radical (unpaired) electrons. The van der Waals surface area contributed by atoms with Crippen LogP contribution in [0.3, 0.4) is 0 Å². The molecule has 0 bridgehead atoms. The van der Waals surface area contributed by atoms with Crippen molar-refractivity contribution in [1.82, 2.24) is 0 Å². The SMILES string of the molecule is C#C[C@]1(O)CC[C@H]2[C@@H]3CC=C4CC5OCCOC5C[C@@H]4[C@H]3CC[C@@]21C. The van der Waals surface area contributed by atoms with E-state index in [1.807, 2.05) is 0 Å². The van der Waals surface area contributed by atoms with Gasteiger partial charge in [0.1, 0.15) is 5.60 Å². The van der Waals surface area contributed by atoms with Gasteiger partial charge in [0.15, 0.2) is 0 Å². The second-order valence-electron chi connectivity index (χ2n) is 9.31. The molecule has 4 fully saturated rings. The zero-order valence-corrected chi connectivity index (χ0v) is 15.2. The second-order valence-corrected chi connectivity index (χ2v) is 9.31. The summed E-state index contributed by atoms with van der Waals surface area (Å²) >= 11 is 0. The quantitative estimate of drug-likeness (QED) is 0.542. The average molecular weight is 342 g/mol. The lowest BCUT2D eigenvalue weighted by molar-refractivity contribution is -0.161. The Balaban J connectivity index is 1.43. The Kier molecular flexibility index (Phi) is 3.66. The van der Waals surface area contributed by atoms with Crippen molar-refractivity contribution in [2.75, 3.05) is 13.2 Å². The molecule has 1 N–H and O–H groups in total. The Bertz CT molecular complexity index is 634. The molecule has 1 aliphatic heterocycles. The molecule has 1 saturated heterocycles. The van der Waals surface area contributed by atoms with Crippen molar-refractivity contribution >= 4 is 0 Å². The maximum absolute atomic E-state index is 11.0. The van der Waals surface area contributed by atoms with Gasteiger partial charge in [-0.05, 0) is 68.6 Å². The van der Waals surface area contributed by atoms with Crippen molar-refractivity contribution in [3.63, 3.8) is 0 Å². The molecule has 0 aromatic carbocycles. The number of allylic oxidation sites excluding steroid dienone is 1. The van der Waals surface area contributed by atoms with Crippen molar-refractivity contribution in [3.05, 3.63) is 11.6 Å². The predicted octanol–water partition coefficient (Wildman–Crippen LogP) is 3.32. The monoisotopic (exact) mass is 342 g/mol. The molecule has 0 amide bonds. The van der Waals surface area contributed by atoms with Gasteiger partial charge in [-0.25, -0.2) is 0 Å². The summed E-state index contributed by atoms with van der Waals surface area (Å²) in [5, 5.41) is 11.0. The van der Waals surface area contributed by atoms with Gasteiger partial charge in [0, 0.05) is 5.41 Å². The van der Waals surface area contributed by atoms with Crippen molar-refractivity contribution in [3.8, 4) is 12.3 Å². The van der Waals surface area contributed by atoms with Gasteiger partial charge in [-0.2, -0.15) is 0 Å². The Morgan fingerprint density at radius 3 is 2.76 bits per heavy atom. The van der Waals surface area contributed by atoms with Gasteiger partial charge in [-0.1, -0.05) is 24.5 Å². The summed E-state index contributed by atoms with van der Waals surface area (Å²) < 4.78 is 12.0. The zero-order valence-electron chi connectivity index (χ0n) is 15.2. The summed E-state index contributed by atoms with van der Waals surface area (Å²) in [4.78, 5) is 0. The van der Waals surface area contributed by atoms with Gasteiger partial charge in [-0.3, -0.25) is 0 Å². The number of rotatable bonds is 0. The van der Waals surface area contributed by atoms with Gasteiger partial charge in [-0.15, -0.1) is 6.42 Å². The molecule has 0 aromatic rings. The van der Waals surface area contributed by atoms with Crippen molar-refractivity contribution in [1.29, 1.82) is 0 Å². The maximum Gasteiger partial charge on any atom is 0.130 e. The van der Waals surface area contributed by atoms with Crippen molar-refractivity contribution in [2.45, 2.75) is 69.7 Å². The minimum absolute atomic E-state index is 0.101. The number of fused-ring (bicyclic) bond motifs is 6. The molecule has 1 heterocycles. The zero-order chi connectivity index (χ0) is 17.2. The largest absolute Gasteiger partial charge is 0.377 e. The fourth-order valence-corrected chi connectivity index (χ4v) is 7.19. The summed E-state index contributed by atoms with van der Waals surface area (Å²) in [6.45, 7) is 3.75. The molecule has 0 spiro atoms. The lowest BCUT2D eigenvalue weighted by Gasteiger charge is -2.55. The first kappa shape index (κ1) is 16.4. The number of hydrogen-bond donors (Lipinski definition) is 1.